The molecule has 5 nitrogen and oxygen atoms in total. The van der Waals surface area contributed by atoms with E-state index in [4.69, 9.17) is 4.74 Å². The molecule has 1 atom stereocenters. The maximum atomic E-state index is 11.9. The molecule has 1 unspecified atom stereocenters. The fraction of sp³-hybridized carbons (Fsp3) is 0.529. The van der Waals surface area contributed by atoms with Crippen molar-refractivity contribution in [2.24, 2.45) is 0 Å². The second-order valence-electron chi connectivity index (χ2n) is 5.20. The van der Waals surface area contributed by atoms with Crippen LogP contribution in [0.4, 0.5) is 5.69 Å². The highest BCUT2D eigenvalue weighted by atomic mass is 16.5. The maximum absolute atomic E-state index is 11.9. The Kier molecular flexibility index (Phi) is 7.43. The van der Waals surface area contributed by atoms with E-state index in [0.717, 1.165) is 6.42 Å². The number of nitrogens with zero attached hydrogens (tertiary/aromatic N) is 1. The Hall–Kier alpha value is -2.04. The minimum Gasteiger partial charge on any atom is -0.492 e. The van der Waals surface area contributed by atoms with Gasteiger partial charge in [-0.25, -0.2) is 0 Å². The zero-order valence-corrected chi connectivity index (χ0v) is 13.9. The molecule has 0 aliphatic heterocycles. The van der Waals surface area contributed by atoms with Gasteiger partial charge in [-0.05, 0) is 32.4 Å². The molecule has 0 heterocycles. The lowest BCUT2D eigenvalue weighted by Gasteiger charge is -2.23. The fourth-order valence-electron chi connectivity index (χ4n) is 2.07. The molecule has 0 saturated carbocycles. The molecule has 0 spiro atoms. The Labute approximate surface area is 132 Å². The van der Waals surface area contributed by atoms with Crippen LogP contribution in [0.3, 0.4) is 0 Å². The van der Waals surface area contributed by atoms with E-state index in [-0.39, 0.29) is 24.3 Å². The zero-order valence-electron chi connectivity index (χ0n) is 13.9. The van der Waals surface area contributed by atoms with Crippen LogP contribution in [0.15, 0.2) is 24.3 Å². The molecule has 2 amide bonds. The van der Waals surface area contributed by atoms with E-state index in [1.165, 1.54) is 6.92 Å². The van der Waals surface area contributed by atoms with Crippen molar-refractivity contribution >= 4 is 17.5 Å². The molecule has 1 rings (SSSR count). The third kappa shape index (κ3) is 5.39. The number of rotatable bonds is 8. The van der Waals surface area contributed by atoms with Gasteiger partial charge in [-0.2, -0.15) is 0 Å². The smallest absolute Gasteiger partial charge is 0.223 e. The molecule has 0 fully saturated rings. The van der Waals surface area contributed by atoms with Crippen molar-refractivity contribution in [1.82, 2.24) is 5.32 Å². The minimum absolute atomic E-state index is 0.0468. The summed E-state index contributed by atoms with van der Waals surface area (Å²) >= 11 is 0. The second-order valence-corrected chi connectivity index (χ2v) is 5.20. The predicted octanol–water partition coefficient (Wildman–Crippen LogP) is 2.74. The lowest BCUT2D eigenvalue weighted by molar-refractivity contribution is -0.121. The van der Waals surface area contributed by atoms with Crippen LogP contribution in [0.1, 0.15) is 40.5 Å². The van der Waals surface area contributed by atoms with Crippen molar-refractivity contribution in [2.75, 3.05) is 18.1 Å². The molecule has 0 aliphatic rings. The van der Waals surface area contributed by atoms with Crippen LogP contribution in [-0.2, 0) is 9.59 Å². The first-order chi connectivity index (χ1) is 10.5. The monoisotopic (exact) mass is 306 g/mol. The van der Waals surface area contributed by atoms with E-state index in [1.54, 1.807) is 4.90 Å². The Bertz CT molecular complexity index is 502. The molecular formula is C17H26N2O3. The fourth-order valence-corrected chi connectivity index (χ4v) is 2.07. The lowest BCUT2D eigenvalue weighted by Crippen LogP contribution is -2.37. The summed E-state index contributed by atoms with van der Waals surface area (Å²) in [6.45, 7) is 8.24. The molecule has 0 radical (unpaired) electrons. The number of ether oxygens (including phenoxy) is 1. The van der Waals surface area contributed by atoms with Gasteiger partial charge in [0.25, 0.3) is 0 Å². The number of hydrogen-bond donors (Lipinski definition) is 1. The summed E-state index contributed by atoms with van der Waals surface area (Å²) in [4.78, 5) is 25.4. The van der Waals surface area contributed by atoms with Crippen LogP contribution in [0.5, 0.6) is 5.75 Å². The van der Waals surface area contributed by atoms with Gasteiger partial charge >= 0.3 is 0 Å². The number of carbonyl (C=O) groups is 2. The van der Waals surface area contributed by atoms with Gasteiger partial charge < -0.3 is 15.0 Å². The van der Waals surface area contributed by atoms with Crippen molar-refractivity contribution < 1.29 is 14.3 Å². The number of amides is 2. The average Bonchev–Trinajstić information content (AvgIpc) is 2.48. The Morgan fingerprint density at radius 1 is 1.27 bits per heavy atom. The van der Waals surface area contributed by atoms with Crippen LogP contribution in [0.25, 0.3) is 0 Å². The third-order valence-electron chi connectivity index (χ3n) is 3.42. The number of hydrogen-bond acceptors (Lipinski definition) is 3. The van der Waals surface area contributed by atoms with Gasteiger partial charge in [0.2, 0.25) is 11.8 Å². The first-order valence-corrected chi connectivity index (χ1v) is 7.78. The minimum atomic E-state index is -0.108. The van der Waals surface area contributed by atoms with Crippen LogP contribution < -0.4 is 15.0 Å². The van der Waals surface area contributed by atoms with E-state index < -0.39 is 0 Å². The van der Waals surface area contributed by atoms with Crippen LogP contribution in [0, 0.1) is 0 Å². The normalized spacial score (nSPS) is 11.6. The summed E-state index contributed by atoms with van der Waals surface area (Å²) in [6.07, 6.45) is 1.15. The van der Waals surface area contributed by atoms with Crippen LogP contribution >= 0.6 is 0 Å². The molecule has 122 valence electrons. The summed E-state index contributed by atoms with van der Waals surface area (Å²) in [5, 5.41) is 2.91. The highest BCUT2D eigenvalue weighted by molar-refractivity contribution is 5.93. The quantitative estimate of drug-likeness (QED) is 0.803. The molecule has 1 aromatic rings. The van der Waals surface area contributed by atoms with Gasteiger partial charge in [0.1, 0.15) is 5.75 Å². The van der Waals surface area contributed by atoms with E-state index in [2.05, 4.69) is 5.32 Å². The Balaban J connectivity index is 2.78. The van der Waals surface area contributed by atoms with E-state index >= 15 is 0 Å². The Morgan fingerprint density at radius 2 is 1.95 bits per heavy atom. The van der Waals surface area contributed by atoms with E-state index in [9.17, 15) is 9.59 Å². The lowest BCUT2D eigenvalue weighted by atomic mass is 10.2. The van der Waals surface area contributed by atoms with Gasteiger partial charge in [-0.1, -0.05) is 19.1 Å². The highest BCUT2D eigenvalue weighted by Crippen LogP contribution is 2.28. The van der Waals surface area contributed by atoms with Crippen molar-refractivity contribution in [3.63, 3.8) is 0 Å². The zero-order chi connectivity index (χ0) is 16.5. The van der Waals surface area contributed by atoms with Gasteiger partial charge in [-0.15, -0.1) is 0 Å². The maximum Gasteiger partial charge on any atom is 0.223 e. The van der Waals surface area contributed by atoms with E-state index in [0.29, 0.717) is 24.6 Å². The SMILES string of the molecule is CCOc1ccccc1N(CCC(=O)NC(C)CC)C(C)=O. The molecule has 0 aliphatic carbocycles. The first kappa shape index (κ1) is 18.0. The number of carbonyl (C=O) groups excluding carboxylic acids is 2. The standard InChI is InChI=1S/C17H26N2O3/c1-5-13(3)18-17(21)11-12-19(14(4)20)15-9-7-8-10-16(15)22-6-2/h7-10,13H,5-6,11-12H2,1-4H3,(H,18,21). The summed E-state index contributed by atoms with van der Waals surface area (Å²) < 4.78 is 5.56. The molecule has 1 N–H and O–H groups in total. The highest BCUT2D eigenvalue weighted by Gasteiger charge is 2.17. The molecule has 0 aromatic heterocycles. The largest absolute Gasteiger partial charge is 0.492 e. The molecule has 1 aromatic carbocycles. The number of para-hydroxylation sites is 2. The first-order valence-electron chi connectivity index (χ1n) is 7.78. The summed E-state index contributed by atoms with van der Waals surface area (Å²) in [5.74, 6) is 0.500. The topological polar surface area (TPSA) is 58.6 Å². The number of nitrogens with one attached hydrogen (secondary N) is 1. The van der Waals surface area contributed by atoms with Gasteiger partial charge in [0, 0.05) is 25.9 Å². The van der Waals surface area contributed by atoms with E-state index in [1.807, 2.05) is 45.0 Å². The summed E-state index contributed by atoms with van der Waals surface area (Å²) in [5.41, 5.74) is 0.702. The van der Waals surface area contributed by atoms with Crippen molar-refractivity contribution in [3.05, 3.63) is 24.3 Å². The summed E-state index contributed by atoms with van der Waals surface area (Å²) in [7, 11) is 0. The summed E-state index contributed by atoms with van der Waals surface area (Å²) in [6, 6.07) is 7.52. The predicted molar refractivity (Wildman–Crippen MR) is 88.2 cm³/mol. The number of benzene rings is 1. The number of anilines is 1. The molecule has 22 heavy (non-hydrogen) atoms. The van der Waals surface area contributed by atoms with Crippen molar-refractivity contribution in [1.29, 1.82) is 0 Å². The van der Waals surface area contributed by atoms with Crippen LogP contribution in [-0.4, -0.2) is 31.0 Å². The average molecular weight is 306 g/mol. The van der Waals surface area contributed by atoms with Gasteiger partial charge in [0.15, 0.2) is 0 Å². The molecule has 0 saturated heterocycles. The van der Waals surface area contributed by atoms with Crippen molar-refractivity contribution in [3.8, 4) is 5.75 Å². The molecule has 0 bridgehead atoms. The molecular weight excluding hydrogens is 280 g/mol. The third-order valence-corrected chi connectivity index (χ3v) is 3.42. The van der Waals surface area contributed by atoms with Crippen molar-refractivity contribution in [2.45, 2.75) is 46.6 Å². The molecule has 5 heteroatoms. The van der Waals surface area contributed by atoms with Crippen LogP contribution in [0.2, 0.25) is 0 Å². The van der Waals surface area contributed by atoms with Gasteiger partial charge in [-0.3, -0.25) is 9.59 Å². The van der Waals surface area contributed by atoms with Gasteiger partial charge in [0.05, 0.1) is 12.3 Å². The Morgan fingerprint density at radius 3 is 2.55 bits per heavy atom. The second kappa shape index (κ2) is 9.07.